The highest BCUT2D eigenvalue weighted by atomic mass is 16.2. The van der Waals surface area contributed by atoms with E-state index in [0.29, 0.717) is 12.8 Å². The van der Waals surface area contributed by atoms with Crippen LogP contribution in [0.15, 0.2) is 0 Å². The summed E-state index contributed by atoms with van der Waals surface area (Å²) in [4.78, 5) is 23.8. The molecule has 2 N–H and O–H groups in total. The third-order valence-corrected chi connectivity index (χ3v) is 6.76. The number of unbranched alkanes of at least 4 members (excludes halogenated alkanes) is 3. The fraction of sp³-hybridized carbons (Fsp3) is 0.917. The molecule has 2 rings (SSSR count). The second-order valence-corrected chi connectivity index (χ2v) is 9.20. The van der Waals surface area contributed by atoms with Crippen LogP contribution in [0.2, 0.25) is 0 Å². The van der Waals surface area contributed by atoms with Crippen LogP contribution in [-0.4, -0.2) is 24.9 Å². The van der Waals surface area contributed by atoms with Crippen LogP contribution >= 0.6 is 0 Å². The maximum absolute atomic E-state index is 11.9. The SMILES string of the molecule is O=C(CCC1CCCCC1)NCCCCCCNC(=O)CCC1CCCCC1. The smallest absolute Gasteiger partial charge is 0.220 e. The van der Waals surface area contributed by atoms with Gasteiger partial charge in [0.1, 0.15) is 0 Å². The van der Waals surface area contributed by atoms with Gasteiger partial charge in [-0.25, -0.2) is 0 Å². The minimum absolute atomic E-state index is 0.232. The first-order valence-corrected chi connectivity index (χ1v) is 12.3. The molecule has 0 radical (unpaired) electrons. The molecule has 2 aliphatic carbocycles. The van der Waals surface area contributed by atoms with Crippen molar-refractivity contribution in [1.82, 2.24) is 10.6 Å². The van der Waals surface area contributed by atoms with E-state index in [2.05, 4.69) is 10.6 Å². The molecule has 4 nitrogen and oxygen atoms in total. The highest BCUT2D eigenvalue weighted by Crippen LogP contribution is 2.27. The van der Waals surface area contributed by atoms with Gasteiger partial charge in [-0.05, 0) is 37.5 Å². The van der Waals surface area contributed by atoms with Gasteiger partial charge in [-0.3, -0.25) is 9.59 Å². The zero-order valence-corrected chi connectivity index (χ0v) is 18.1. The topological polar surface area (TPSA) is 58.2 Å². The summed E-state index contributed by atoms with van der Waals surface area (Å²) in [5.74, 6) is 2.04. The molecule has 4 heteroatoms. The molecule has 0 aromatic heterocycles. The average Bonchev–Trinajstić information content (AvgIpc) is 2.74. The largest absolute Gasteiger partial charge is 0.356 e. The van der Waals surface area contributed by atoms with Crippen molar-refractivity contribution in [2.24, 2.45) is 11.8 Å². The number of hydrogen-bond acceptors (Lipinski definition) is 2. The maximum atomic E-state index is 11.9. The lowest BCUT2D eigenvalue weighted by Gasteiger charge is -2.21. The third-order valence-electron chi connectivity index (χ3n) is 6.76. The minimum atomic E-state index is 0.232. The van der Waals surface area contributed by atoms with Crippen molar-refractivity contribution < 1.29 is 9.59 Å². The van der Waals surface area contributed by atoms with E-state index in [-0.39, 0.29) is 11.8 Å². The lowest BCUT2D eigenvalue weighted by atomic mass is 9.86. The Morgan fingerprint density at radius 1 is 0.571 bits per heavy atom. The minimum Gasteiger partial charge on any atom is -0.356 e. The predicted molar refractivity (Wildman–Crippen MR) is 116 cm³/mol. The normalized spacial score (nSPS) is 18.7. The molecule has 0 aliphatic heterocycles. The molecule has 28 heavy (non-hydrogen) atoms. The van der Waals surface area contributed by atoms with Gasteiger partial charge in [0, 0.05) is 25.9 Å². The summed E-state index contributed by atoms with van der Waals surface area (Å²) in [5.41, 5.74) is 0. The maximum Gasteiger partial charge on any atom is 0.220 e. The summed E-state index contributed by atoms with van der Waals surface area (Å²) in [7, 11) is 0. The number of carbonyl (C=O) groups is 2. The van der Waals surface area contributed by atoms with Crippen LogP contribution in [0.25, 0.3) is 0 Å². The van der Waals surface area contributed by atoms with E-state index in [4.69, 9.17) is 0 Å². The Kier molecular flexibility index (Phi) is 12.3. The molecule has 0 aromatic rings. The summed E-state index contributed by atoms with van der Waals surface area (Å²) in [6.07, 6.45) is 21.4. The van der Waals surface area contributed by atoms with Gasteiger partial charge in [0.25, 0.3) is 0 Å². The number of carbonyl (C=O) groups excluding carboxylic acids is 2. The van der Waals surface area contributed by atoms with Crippen molar-refractivity contribution in [3.63, 3.8) is 0 Å². The van der Waals surface area contributed by atoms with Crippen molar-refractivity contribution >= 4 is 11.8 Å². The monoisotopic (exact) mass is 392 g/mol. The van der Waals surface area contributed by atoms with E-state index in [0.717, 1.165) is 63.5 Å². The second-order valence-electron chi connectivity index (χ2n) is 9.20. The van der Waals surface area contributed by atoms with Crippen LogP contribution in [0.1, 0.15) is 116 Å². The second kappa shape index (κ2) is 14.9. The van der Waals surface area contributed by atoms with Gasteiger partial charge in [0.15, 0.2) is 0 Å². The molecule has 162 valence electrons. The summed E-state index contributed by atoms with van der Waals surface area (Å²) in [5, 5.41) is 6.14. The van der Waals surface area contributed by atoms with Gasteiger partial charge in [-0.1, -0.05) is 77.0 Å². The molecule has 0 heterocycles. The van der Waals surface area contributed by atoms with E-state index in [9.17, 15) is 9.59 Å². The van der Waals surface area contributed by atoms with E-state index in [1.165, 1.54) is 64.2 Å². The zero-order valence-electron chi connectivity index (χ0n) is 18.1. The number of hydrogen-bond donors (Lipinski definition) is 2. The summed E-state index contributed by atoms with van der Waals surface area (Å²) in [6, 6.07) is 0. The van der Waals surface area contributed by atoms with Crippen molar-refractivity contribution in [3.05, 3.63) is 0 Å². The number of amides is 2. The number of rotatable bonds is 13. The van der Waals surface area contributed by atoms with Gasteiger partial charge < -0.3 is 10.6 Å². The Morgan fingerprint density at radius 2 is 0.964 bits per heavy atom. The van der Waals surface area contributed by atoms with Crippen molar-refractivity contribution in [3.8, 4) is 0 Å². The first kappa shape index (κ1) is 23.2. The standard InChI is InChI=1S/C24H44N2O2/c27-23(17-15-21-11-5-3-6-12-21)25-19-9-1-2-10-20-26-24(28)18-16-22-13-7-4-8-14-22/h21-22H,1-20H2,(H,25,27)(H,26,28). The molecule has 2 aliphatic rings. The van der Waals surface area contributed by atoms with Gasteiger partial charge in [0.05, 0.1) is 0 Å². The highest BCUT2D eigenvalue weighted by Gasteiger charge is 2.15. The summed E-state index contributed by atoms with van der Waals surface area (Å²) >= 11 is 0. The lowest BCUT2D eigenvalue weighted by Crippen LogP contribution is -2.25. The van der Waals surface area contributed by atoms with Crippen LogP contribution in [0, 0.1) is 11.8 Å². The van der Waals surface area contributed by atoms with E-state index in [1.54, 1.807) is 0 Å². The molecule has 2 saturated carbocycles. The molecule has 2 amide bonds. The van der Waals surface area contributed by atoms with Gasteiger partial charge in [0.2, 0.25) is 11.8 Å². The molecular formula is C24H44N2O2. The highest BCUT2D eigenvalue weighted by molar-refractivity contribution is 5.76. The Morgan fingerprint density at radius 3 is 1.36 bits per heavy atom. The lowest BCUT2D eigenvalue weighted by molar-refractivity contribution is -0.122. The molecule has 0 aromatic carbocycles. The molecule has 0 unspecified atom stereocenters. The van der Waals surface area contributed by atoms with E-state index in [1.807, 2.05) is 0 Å². The predicted octanol–water partition coefficient (Wildman–Crippen LogP) is 5.50. The first-order chi connectivity index (χ1) is 13.7. The van der Waals surface area contributed by atoms with Crippen molar-refractivity contribution in [1.29, 1.82) is 0 Å². The van der Waals surface area contributed by atoms with E-state index < -0.39 is 0 Å². The van der Waals surface area contributed by atoms with Crippen LogP contribution < -0.4 is 10.6 Å². The zero-order chi connectivity index (χ0) is 19.9. The molecule has 0 bridgehead atoms. The Labute approximate surface area is 173 Å². The van der Waals surface area contributed by atoms with Crippen molar-refractivity contribution in [2.75, 3.05) is 13.1 Å². The summed E-state index contributed by atoms with van der Waals surface area (Å²) in [6.45, 7) is 1.61. The molecule has 0 spiro atoms. The summed E-state index contributed by atoms with van der Waals surface area (Å²) < 4.78 is 0. The first-order valence-electron chi connectivity index (χ1n) is 12.3. The average molecular weight is 393 g/mol. The third kappa shape index (κ3) is 11.1. The molecule has 0 atom stereocenters. The van der Waals surface area contributed by atoms with Crippen LogP contribution in [-0.2, 0) is 9.59 Å². The Balaban J connectivity index is 1.33. The number of nitrogens with one attached hydrogen (secondary N) is 2. The van der Waals surface area contributed by atoms with Gasteiger partial charge >= 0.3 is 0 Å². The fourth-order valence-electron chi connectivity index (χ4n) is 4.86. The van der Waals surface area contributed by atoms with Crippen LogP contribution in [0.4, 0.5) is 0 Å². The van der Waals surface area contributed by atoms with Gasteiger partial charge in [-0.2, -0.15) is 0 Å². The van der Waals surface area contributed by atoms with Gasteiger partial charge in [-0.15, -0.1) is 0 Å². The van der Waals surface area contributed by atoms with E-state index >= 15 is 0 Å². The molecule has 0 saturated heterocycles. The quantitative estimate of drug-likeness (QED) is 0.407. The molecular weight excluding hydrogens is 348 g/mol. The Bertz CT molecular complexity index is 386. The van der Waals surface area contributed by atoms with Crippen LogP contribution in [0.3, 0.4) is 0 Å². The molecule has 2 fully saturated rings. The Hall–Kier alpha value is -1.06. The fourth-order valence-corrected chi connectivity index (χ4v) is 4.86. The van der Waals surface area contributed by atoms with Crippen LogP contribution in [0.5, 0.6) is 0 Å². The van der Waals surface area contributed by atoms with Crippen molar-refractivity contribution in [2.45, 2.75) is 116 Å².